The fourth-order valence-electron chi connectivity index (χ4n) is 3.83. The van der Waals surface area contributed by atoms with Gasteiger partial charge in [-0.1, -0.05) is 12.1 Å². The predicted octanol–water partition coefficient (Wildman–Crippen LogP) is 4.83. The third kappa shape index (κ3) is 15.9. The van der Waals surface area contributed by atoms with Crippen molar-refractivity contribution < 1.29 is 74.0 Å². The number of hydrogen-bond acceptors (Lipinski definition) is 8. The standard InChI is InChI=1S/C19H25N3OS.3C2HF3O2/c1-15-4-2-5-16(20-15)14-23-18-10-17-11-21(7-8-22(17)12-18)13-19-6-3-9-24-19;3*3-2(4,5)1(6)7/h2-6,9,17-18H,7-8,10-14H2,1H3;3*(H,6,7). The highest BCUT2D eigenvalue weighted by atomic mass is 32.1. The van der Waals surface area contributed by atoms with Gasteiger partial charge in [-0.05, 0) is 36.9 Å². The summed E-state index contributed by atoms with van der Waals surface area (Å²) < 4.78 is 101. The van der Waals surface area contributed by atoms with Gasteiger partial charge in [0.1, 0.15) is 0 Å². The third-order valence-corrected chi connectivity index (χ3v) is 6.62. The topological polar surface area (TPSA) is 140 Å². The van der Waals surface area contributed by atoms with Gasteiger partial charge in [-0.15, -0.1) is 11.3 Å². The third-order valence-electron chi connectivity index (χ3n) is 5.76. The first-order chi connectivity index (χ1) is 20.6. The van der Waals surface area contributed by atoms with Gasteiger partial charge in [-0.2, -0.15) is 39.5 Å². The molecule has 2 aliphatic rings. The number of rotatable bonds is 5. The second-order valence-electron chi connectivity index (χ2n) is 9.31. The minimum absolute atomic E-state index is 0.346. The van der Waals surface area contributed by atoms with Gasteiger partial charge >= 0.3 is 36.4 Å². The minimum atomic E-state index is -5.08. The lowest BCUT2D eigenvalue weighted by Crippen LogP contribution is -2.49. The van der Waals surface area contributed by atoms with E-state index in [1.165, 1.54) is 24.5 Å². The van der Waals surface area contributed by atoms with Crippen LogP contribution in [0.25, 0.3) is 0 Å². The van der Waals surface area contributed by atoms with Gasteiger partial charge in [0.15, 0.2) is 0 Å². The molecule has 2 unspecified atom stereocenters. The molecule has 10 nitrogen and oxygen atoms in total. The molecule has 4 heterocycles. The van der Waals surface area contributed by atoms with E-state index in [4.69, 9.17) is 34.4 Å². The smallest absolute Gasteiger partial charge is 0.475 e. The maximum atomic E-state index is 10.6. The highest BCUT2D eigenvalue weighted by molar-refractivity contribution is 7.09. The Morgan fingerprint density at radius 2 is 1.40 bits per heavy atom. The molecule has 2 aliphatic heterocycles. The molecular formula is C25H28F9N3O7S. The number of aromatic nitrogens is 1. The first-order valence-electron chi connectivity index (χ1n) is 12.5. The van der Waals surface area contributed by atoms with Crippen molar-refractivity contribution in [3.05, 3.63) is 52.0 Å². The minimum Gasteiger partial charge on any atom is -0.475 e. The number of carboxylic acids is 3. The molecule has 0 aliphatic carbocycles. The second kappa shape index (κ2) is 17.3. The van der Waals surface area contributed by atoms with Crippen LogP contribution in [0.15, 0.2) is 35.7 Å². The molecule has 3 N–H and O–H groups in total. The molecule has 0 radical (unpaired) electrons. The summed E-state index contributed by atoms with van der Waals surface area (Å²) >= 11 is 1.86. The van der Waals surface area contributed by atoms with Crippen molar-refractivity contribution in [1.82, 2.24) is 14.8 Å². The summed E-state index contributed by atoms with van der Waals surface area (Å²) in [4.78, 5) is 37.9. The van der Waals surface area contributed by atoms with E-state index >= 15 is 0 Å². The van der Waals surface area contributed by atoms with Gasteiger partial charge in [0.25, 0.3) is 0 Å². The Morgan fingerprint density at radius 3 is 1.84 bits per heavy atom. The lowest BCUT2D eigenvalue weighted by molar-refractivity contribution is -0.193. The summed E-state index contributed by atoms with van der Waals surface area (Å²) in [5.41, 5.74) is 2.10. The molecule has 0 saturated carbocycles. The summed E-state index contributed by atoms with van der Waals surface area (Å²) in [5.74, 6) is -8.27. The molecule has 0 spiro atoms. The number of thiophene rings is 1. The fraction of sp³-hybridized carbons (Fsp3) is 0.520. The molecule has 2 aromatic heterocycles. The molecule has 2 aromatic rings. The zero-order valence-corrected chi connectivity index (χ0v) is 24.0. The Morgan fingerprint density at radius 1 is 0.867 bits per heavy atom. The SMILES string of the molecule is Cc1cccc(COC2CC3CN(Cc4cccs4)CCN3C2)n1.O=C(O)C(F)(F)F.O=C(O)C(F)(F)F.O=C(O)C(F)(F)F. The molecular weight excluding hydrogens is 657 g/mol. The maximum Gasteiger partial charge on any atom is 0.490 e. The van der Waals surface area contributed by atoms with Crippen LogP contribution < -0.4 is 0 Å². The van der Waals surface area contributed by atoms with Gasteiger partial charge in [0, 0.05) is 49.3 Å². The summed E-state index contributed by atoms with van der Waals surface area (Å²) in [6, 6.07) is 11.2. The quantitative estimate of drug-likeness (QED) is 0.375. The summed E-state index contributed by atoms with van der Waals surface area (Å²) in [5, 5.41) is 23.5. The Hall–Kier alpha value is -3.49. The molecule has 0 aromatic carbocycles. The number of piperazine rings is 1. The van der Waals surface area contributed by atoms with Crippen LogP contribution >= 0.6 is 11.3 Å². The number of halogens is 9. The Balaban J connectivity index is 0.000000396. The monoisotopic (exact) mass is 685 g/mol. The van der Waals surface area contributed by atoms with E-state index in [1.807, 2.05) is 24.3 Å². The Bertz CT molecular complexity index is 1170. The molecule has 4 rings (SSSR count). The highest BCUT2D eigenvalue weighted by Gasteiger charge is 2.40. The molecule has 0 amide bonds. The summed E-state index contributed by atoms with van der Waals surface area (Å²) in [6.07, 6.45) is -13.8. The number of alkyl halides is 9. The van der Waals surface area contributed by atoms with E-state index in [0.717, 1.165) is 30.9 Å². The largest absolute Gasteiger partial charge is 0.490 e. The number of hydrogen-bond donors (Lipinski definition) is 3. The van der Waals surface area contributed by atoms with Crippen LogP contribution in [0.5, 0.6) is 0 Å². The van der Waals surface area contributed by atoms with Crippen molar-refractivity contribution in [3.63, 3.8) is 0 Å². The van der Waals surface area contributed by atoms with Crippen molar-refractivity contribution in [3.8, 4) is 0 Å². The Labute approximate surface area is 253 Å². The van der Waals surface area contributed by atoms with Gasteiger partial charge in [-0.25, -0.2) is 14.4 Å². The van der Waals surface area contributed by atoms with Crippen LogP contribution in [-0.2, 0) is 32.3 Å². The number of aryl methyl sites for hydroxylation is 1. The van der Waals surface area contributed by atoms with E-state index in [0.29, 0.717) is 18.8 Å². The lowest BCUT2D eigenvalue weighted by atomic mass is 10.1. The Kier molecular flexibility index (Phi) is 15.2. The highest BCUT2D eigenvalue weighted by Crippen LogP contribution is 2.26. The number of carbonyl (C=O) groups is 3. The number of pyridine rings is 1. The van der Waals surface area contributed by atoms with E-state index < -0.39 is 36.4 Å². The van der Waals surface area contributed by atoms with Crippen LogP contribution in [0.1, 0.15) is 22.7 Å². The first kappa shape index (κ1) is 39.5. The molecule has 0 bridgehead atoms. The van der Waals surface area contributed by atoms with E-state index in [1.54, 1.807) is 0 Å². The lowest BCUT2D eigenvalue weighted by Gasteiger charge is -2.37. The van der Waals surface area contributed by atoms with Crippen molar-refractivity contribution in [2.45, 2.75) is 57.2 Å². The van der Waals surface area contributed by atoms with Crippen LogP contribution in [0, 0.1) is 6.92 Å². The number of nitrogens with zero attached hydrogens (tertiary/aromatic N) is 3. The van der Waals surface area contributed by atoms with E-state index in [-0.39, 0.29) is 0 Å². The fourth-order valence-corrected chi connectivity index (χ4v) is 4.58. The summed E-state index contributed by atoms with van der Waals surface area (Å²) in [6.45, 7) is 8.33. The van der Waals surface area contributed by atoms with Crippen molar-refractivity contribution in [2.75, 3.05) is 26.2 Å². The van der Waals surface area contributed by atoms with Crippen LogP contribution in [0.3, 0.4) is 0 Å². The average Bonchev–Trinajstić information content (AvgIpc) is 3.56. The second-order valence-corrected chi connectivity index (χ2v) is 10.3. The summed E-state index contributed by atoms with van der Waals surface area (Å²) in [7, 11) is 0. The molecule has 45 heavy (non-hydrogen) atoms. The number of fused-ring (bicyclic) bond motifs is 1. The van der Waals surface area contributed by atoms with Gasteiger partial charge in [0.2, 0.25) is 0 Å². The van der Waals surface area contributed by atoms with E-state index in [2.05, 4.69) is 44.4 Å². The number of aliphatic carboxylic acids is 3. The zero-order chi connectivity index (χ0) is 34.6. The van der Waals surface area contributed by atoms with Gasteiger partial charge in [0.05, 0.1) is 18.4 Å². The van der Waals surface area contributed by atoms with E-state index in [9.17, 15) is 39.5 Å². The van der Waals surface area contributed by atoms with Crippen molar-refractivity contribution in [2.24, 2.45) is 0 Å². The predicted molar refractivity (Wildman–Crippen MR) is 138 cm³/mol. The molecule has 20 heteroatoms. The zero-order valence-electron chi connectivity index (χ0n) is 23.2. The maximum absolute atomic E-state index is 10.6. The van der Waals surface area contributed by atoms with Gasteiger partial charge in [-0.3, -0.25) is 14.8 Å². The molecule has 2 atom stereocenters. The molecule has 2 fully saturated rings. The van der Waals surface area contributed by atoms with Crippen LogP contribution in [0.4, 0.5) is 39.5 Å². The van der Waals surface area contributed by atoms with Crippen molar-refractivity contribution in [1.29, 1.82) is 0 Å². The molecule has 254 valence electrons. The van der Waals surface area contributed by atoms with Gasteiger partial charge < -0.3 is 20.1 Å². The van der Waals surface area contributed by atoms with Crippen LogP contribution in [0.2, 0.25) is 0 Å². The molecule has 2 saturated heterocycles. The number of carboxylic acid groups (broad SMARTS) is 3. The van der Waals surface area contributed by atoms with Crippen molar-refractivity contribution >= 4 is 29.2 Å². The average molecular weight is 686 g/mol. The normalized spacial score (nSPS) is 18.6. The van der Waals surface area contributed by atoms with Crippen LogP contribution in [-0.4, -0.2) is 105 Å². The first-order valence-corrected chi connectivity index (χ1v) is 13.4. The number of ether oxygens (including phenoxy) is 1.